The number of nitrogens with one attached hydrogen (secondary N) is 1. The highest BCUT2D eigenvalue weighted by atomic mass is 79.9. The Morgan fingerprint density at radius 3 is 2.95 bits per heavy atom. The number of nitro benzene ring substituents is 1. The summed E-state index contributed by atoms with van der Waals surface area (Å²) in [5.74, 6) is 0. The van der Waals surface area contributed by atoms with Gasteiger partial charge in [0, 0.05) is 23.6 Å². The van der Waals surface area contributed by atoms with Gasteiger partial charge in [0.1, 0.15) is 5.69 Å². The van der Waals surface area contributed by atoms with Crippen LogP contribution in [0.5, 0.6) is 0 Å². The van der Waals surface area contributed by atoms with Gasteiger partial charge in [-0.05, 0) is 44.5 Å². The first-order chi connectivity index (χ1) is 9.09. The average Bonchev–Trinajstić information content (AvgIpc) is 2.66. The van der Waals surface area contributed by atoms with E-state index in [9.17, 15) is 10.1 Å². The Kier molecular flexibility index (Phi) is 4.76. The lowest BCUT2D eigenvalue weighted by molar-refractivity contribution is -0.384. The monoisotopic (exact) mass is 327 g/mol. The smallest absolute Gasteiger partial charge is 0.292 e. The van der Waals surface area contributed by atoms with Crippen LogP contribution in [0.15, 0.2) is 22.7 Å². The van der Waals surface area contributed by atoms with E-state index in [2.05, 4.69) is 26.1 Å². The van der Waals surface area contributed by atoms with Gasteiger partial charge in [-0.25, -0.2) is 0 Å². The van der Waals surface area contributed by atoms with Crippen LogP contribution in [0.2, 0.25) is 0 Å². The first-order valence-corrected chi connectivity index (χ1v) is 7.26. The molecule has 0 amide bonds. The zero-order valence-corrected chi connectivity index (χ0v) is 12.5. The third kappa shape index (κ3) is 3.45. The SMILES string of the molecule is CN(c1cc(Br)ccc1[N+](=O)[O-])C1CCCNCC1. The third-order valence-corrected chi connectivity index (χ3v) is 4.10. The molecule has 1 fully saturated rings. The van der Waals surface area contributed by atoms with E-state index in [0.717, 1.165) is 36.8 Å². The first-order valence-electron chi connectivity index (χ1n) is 6.47. The van der Waals surface area contributed by atoms with E-state index in [1.165, 1.54) is 0 Å². The van der Waals surface area contributed by atoms with Gasteiger partial charge >= 0.3 is 0 Å². The van der Waals surface area contributed by atoms with Gasteiger partial charge in [0.05, 0.1) is 4.92 Å². The molecule has 1 heterocycles. The molecule has 0 bridgehead atoms. The molecular weight excluding hydrogens is 310 g/mol. The molecule has 1 aliphatic heterocycles. The second-order valence-electron chi connectivity index (χ2n) is 4.84. The molecule has 1 aromatic rings. The molecule has 1 atom stereocenters. The summed E-state index contributed by atoms with van der Waals surface area (Å²) < 4.78 is 0.867. The van der Waals surface area contributed by atoms with Crippen molar-refractivity contribution < 1.29 is 4.92 Å². The predicted octanol–water partition coefficient (Wildman–Crippen LogP) is 2.94. The minimum atomic E-state index is -0.312. The number of hydrogen-bond donors (Lipinski definition) is 1. The van der Waals surface area contributed by atoms with Crippen molar-refractivity contribution in [1.82, 2.24) is 5.32 Å². The van der Waals surface area contributed by atoms with Crippen LogP contribution in [0.4, 0.5) is 11.4 Å². The number of anilines is 1. The van der Waals surface area contributed by atoms with Gasteiger partial charge in [0.2, 0.25) is 0 Å². The fourth-order valence-corrected chi connectivity index (χ4v) is 2.87. The Labute approximate surface area is 121 Å². The van der Waals surface area contributed by atoms with Gasteiger partial charge in [-0.15, -0.1) is 0 Å². The van der Waals surface area contributed by atoms with Gasteiger partial charge in [-0.1, -0.05) is 15.9 Å². The van der Waals surface area contributed by atoms with Crippen LogP contribution >= 0.6 is 15.9 Å². The second kappa shape index (κ2) is 6.34. The van der Waals surface area contributed by atoms with Crippen LogP contribution in [0, 0.1) is 10.1 Å². The molecule has 2 rings (SSSR count). The zero-order valence-electron chi connectivity index (χ0n) is 10.9. The lowest BCUT2D eigenvalue weighted by Crippen LogP contribution is -2.32. The molecular formula is C13H18BrN3O2. The maximum Gasteiger partial charge on any atom is 0.292 e. The fraction of sp³-hybridized carbons (Fsp3) is 0.538. The van der Waals surface area contributed by atoms with Crippen LogP contribution < -0.4 is 10.2 Å². The van der Waals surface area contributed by atoms with E-state index >= 15 is 0 Å². The van der Waals surface area contributed by atoms with Gasteiger partial charge in [0.15, 0.2) is 0 Å². The molecule has 5 nitrogen and oxygen atoms in total. The van der Waals surface area contributed by atoms with Crippen molar-refractivity contribution in [2.45, 2.75) is 25.3 Å². The highest BCUT2D eigenvalue weighted by molar-refractivity contribution is 9.10. The molecule has 1 N–H and O–H groups in total. The van der Waals surface area contributed by atoms with Gasteiger partial charge < -0.3 is 10.2 Å². The molecule has 1 saturated heterocycles. The molecule has 104 valence electrons. The number of nitrogens with zero attached hydrogens (tertiary/aromatic N) is 2. The van der Waals surface area contributed by atoms with E-state index in [4.69, 9.17) is 0 Å². The van der Waals surface area contributed by atoms with Gasteiger partial charge in [-0.3, -0.25) is 10.1 Å². The summed E-state index contributed by atoms with van der Waals surface area (Å²) >= 11 is 3.39. The summed E-state index contributed by atoms with van der Waals surface area (Å²) in [6.07, 6.45) is 3.18. The molecule has 0 spiro atoms. The van der Waals surface area contributed by atoms with E-state index in [0.29, 0.717) is 11.7 Å². The third-order valence-electron chi connectivity index (χ3n) is 3.61. The predicted molar refractivity (Wildman–Crippen MR) is 79.7 cm³/mol. The van der Waals surface area contributed by atoms with E-state index < -0.39 is 0 Å². The zero-order chi connectivity index (χ0) is 13.8. The summed E-state index contributed by atoms with van der Waals surface area (Å²) in [6, 6.07) is 5.45. The average molecular weight is 328 g/mol. The summed E-state index contributed by atoms with van der Waals surface area (Å²) in [7, 11) is 1.95. The van der Waals surface area contributed by atoms with Crippen molar-refractivity contribution >= 4 is 27.3 Å². The molecule has 1 aliphatic rings. The lowest BCUT2D eigenvalue weighted by atomic mass is 10.1. The van der Waals surface area contributed by atoms with Crippen molar-refractivity contribution in [3.05, 3.63) is 32.8 Å². The van der Waals surface area contributed by atoms with E-state index in [1.807, 2.05) is 13.1 Å². The summed E-state index contributed by atoms with van der Waals surface area (Å²) in [6.45, 7) is 2.00. The number of rotatable bonds is 3. The van der Waals surface area contributed by atoms with Crippen molar-refractivity contribution in [1.29, 1.82) is 0 Å². The Morgan fingerprint density at radius 1 is 1.42 bits per heavy atom. The molecule has 6 heteroatoms. The molecule has 0 saturated carbocycles. The molecule has 0 aromatic heterocycles. The highest BCUT2D eigenvalue weighted by Gasteiger charge is 2.23. The number of hydrogen-bond acceptors (Lipinski definition) is 4. The topological polar surface area (TPSA) is 58.4 Å². The Hall–Kier alpha value is -1.14. The highest BCUT2D eigenvalue weighted by Crippen LogP contribution is 2.33. The van der Waals surface area contributed by atoms with Crippen molar-refractivity contribution in [2.24, 2.45) is 0 Å². The fourth-order valence-electron chi connectivity index (χ4n) is 2.52. The lowest BCUT2D eigenvalue weighted by Gasteiger charge is -2.28. The minimum Gasteiger partial charge on any atom is -0.366 e. The first kappa shape index (κ1) is 14.3. The Bertz CT molecular complexity index is 459. The van der Waals surface area contributed by atoms with Crippen molar-refractivity contribution in [2.75, 3.05) is 25.0 Å². The molecule has 1 unspecified atom stereocenters. The number of nitro groups is 1. The van der Waals surface area contributed by atoms with Gasteiger partial charge in [-0.2, -0.15) is 0 Å². The Morgan fingerprint density at radius 2 is 2.21 bits per heavy atom. The standard InChI is InChI=1S/C13H18BrN3O2/c1-16(11-3-2-7-15-8-6-11)13-9-10(14)4-5-12(13)17(18)19/h4-5,9,11,15H,2-3,6-8H2,1H3. The van der Waals surface area contributed by atoms with E-state index in [-0.39, 0.29) is 10.6 Å². The van der Waals surface area contributed by atoms with Crippen LogP contribution in [0.25, 0.3) is 0 Å². The maximum atomic E-state index is 11.1. The normalized spacial score (nSPS) is 19.8. The van der Waals surface area contributed by atoms with Crippen LogP contribution in [0.3, 0.4) is 0 Å². The van der Waals surface area contributed by atoms with Gasteiger partial charge in [0.25, 0.3) is 5.69 Å². The minimum absolute atomic E-state index is 0.169. The molecule has 1 aromatic carbocycles. The maximum absolute atomic E-state index is 11.1. The molecule has 19 heavy (non-hydrogen) atoms. The molecule has 0 aliphatic carbocycles. The number of halogens is 1. The second-order valence-corrected chi connectivity index (χ2v) is 5.75. The molecule has 0 radical (unpaired) electrons. The largest absolute Gasteiger partial charge is 0.366 e. The Balaban J connectivity index is 2.28. The van der Waals surface area contributed by atoms with Crippen molar-refractivity contribution in [3.63, 3.8) is 0 Å². The van der Waals surface area contributed by atoms with Crippen LogP contribution in [0.1, 0.15) is 19.3 Å². The number of benzene rings is 1. The quantitative estimate of drug-likeness (QED) is 0.685. The summed E-state index contributed by atoms with van der Waals surface area (Å²) in [4.78, 5) is 12.9. The van der Waals surface area contributed by atoms with E-state index in [1.54, 1.807) is 12.1 Å². The van der Waals surface area contributed by atoms with Crippen molar-refractivity contribution in [3.8, 4) is 0 Å². The van der Waals surface area contributed by atoms with Crippen LogP contribution in [-0.2, 0) is 0 Å². The van der Waals surface area contributed by atoms with Crippen LogP contribution in [-0.4, -0.2) is 31.1 Å². The summed E-state index contributed by atoms with van der Waals surface area (Å²) in [5.41, 5.74) is 0.856. The summed E-state index contributed by atoms with van der Waals surface area (Å²) in [5, 5.41) is 14.5.